The Bertz CT molecular complexity index is 235. The third kappa shape index (κ3) is 24.6. The Morgan fingerprint density at radius 1 is 1.40 bits per heavy atom. The standard InChI is InChI=1S/C7H12O3.H3O4P/c1-6(2)7(9)10-5-3-4-8;1-5(2,3)4/h8H,1,3-5H2,2H3;(H3,1,2,3,4). The third-order valence-corrected chi connectivity index (χ3v) is 0.884. The Morgan fingerprint density at radius 3 is 2.07 bits per heavy atom. The van der Waals surface area contributed by atoms with Crippen molar-refractivity contribution in [3.63, 3.8) is 0 Å². The molecule has 15 heavy (non-hydrogen) atoms. The van der Waals surface area contributed by atoms with Gasteiger partial charge in [0.25, 0.3) is 0 Å². The Hall–Kier alpha value is -0.720. The van der Waals surface area contributed by atoms with Crippen LogP contribution >= 0.6 is 7.82 Å². The van der Waals surface area contributed by atoms with E-state index in [0.717, 1.165) is 0 Å². The van der Waals surface area contributed by atoms with Gasteiger partial charge in [-0.3, -0.25) is 0 Å². The van der Waals surface area contributed by atoms with Crippen LogP contribution in [0.5, 0.6) is 0 Å². The highest BCUT2D eigenvalue weighted by molar-refractivity contribution is 7.45. The lowest BCUT2D eigenvalue weighted by Crippen LogP contribution is -2.06. The van der Waals surface area contributed by atoms with Crippen molar-refractivity contribution in [3.05, 3.63) is 12.2 Å². The molecule has 0 heterocycles. The number of hydrogen-bond donors (Lipinski definition) is 4. The maximum absolute atomic E-state index is 10.6. The van der Waals surface area contributed by atoms with Crippen LogP contribution in [0.3, 0.4) is 0 Å². The lowest BCUT2D eigenvalue weighted by molar-refractivity contribution is -0.139. The molecule has 0 radical (unpaired) electrons. The van der Waals surface area contributed by atoms with E-state index in [-0.39, 0.29) is 13.2 Å². The number of rotatable bonds is 4. The molecule has 0 aromatic carbocycles. The second-order valence-electron chi connectivity index (χ2n) is 2.51. The van der Waals surface area contributed by atoms with Gasteiger partial charge in [-0.15, -0.1) is 0 Å². The summed E-state index contributed by atoms with van der Waals surface area (Å²) < 4.78 is 13.5. The summed E-state index contributed by atoms with van der Waals surface area (Å²) in [4.78, 5) is 32.2. The highest BCUT2D eigenvalue weighted by Gasteiger charge is 2.00. The largest absolute Gasteiger partial charge is 0.466 e. The number of phosphoric acid groups is 1. The molecule has 8 heteroatoms. The molecule has 0 fully saturated rings. The maximum atomic E-state index is 10.6. The van der Waals surface area contributed by atoms with Crippen molar-refractivity contribution >= 4 is 13.8 Å². The molecule has 0 aliphatic rings. The highest BCUT2D eigenvalue weighted by Crippen LogP contribution is 2.25. The quantitative estimate of drug-likeness (QED) is 0.228. The molecule has 0 saturated carbocycles. The number of carbonyl (C=O) groups is 1. The lowest BCUT2D eigenvalue weighted by atomic mass is 10.4. The van der Waals surface area contributed by atoms with Crippen LogP contribution < -0.4 is 0 Å². The van der Waals surface area contributed by atoms with Crippen LogP contribution in [0.1, 0.15) is 13.3 Å². The number of aliphatic hydroxyl groups is 1. The van der Waals surface area contributed by atoms with E-state index in [1.54, 1.807) is 6.92 Å². The summed E-state index contributed by atoms with van der Waals surface area (Å²) in [6.07, 6.45) is 0.485. The molecule has 0 aliphatic heterocycles. The first-order valence-electron chi connectivity index (χ1n) is 3.90. The van der Waals surface area contributed by atoms with Gasteiger partial charge in [-0.25, -0.2) is 9.36 Å². The fraction of sp³-hybridized carbons (Fsp3) is 0.571. The summed E-state index contributed by atoms with van der Waals surface area (Å²) in [5.41, 5.74) is 0.387. The van der Waals surface area contributed by atoms with Crippen molar-refractivity contribution in [1.29, 1.82) is 0 Å². The van der Waals surface area contributed by atoms with Gasteiger partial charge in [0.2, 0.25) is 0 Å². The van der Waals surface area contributed by atoms with Gasteiger partial charge >= 0.3 is 13.8 Å². The monoisotopic (exact) mass is 242 g/mol. The fourth-order valence-electron chi connectivity index (χ4n) is 0.353. The van der Waals surface area contributed by atoms with Crippen LogP contribution in [0.15, 0.2) is 12.2 Å². The highest BCUT2D eigenvalue weighted by atomic mass is 31.2. The molecule has 0 unspecified atom stereocenters. The molecule has 0 bridgehead atoms. The van der Waals surface area contributed by atoms with Gasteiger partial charge in [-0.05, 0) is 6.92 Å². The number of hydrogen-bond acceptors (Lipinski definition) is 4. The van der Waals surface area contributed by atoms with E-state index in [9.17, 15) is 4.79 Å². The van der Waals surface area contributed by atoms with Crippen LogP contribution in [0.4, 0.5) is 0 Å². The number of carbonyl (C=O) groups excluding carboxylic acids is 1. The van der Waals surface area contributed by atoms with Crippen LogP contribution in [0.2, 0.25) is 0 Å². The second kappa shape index (κ2) is 8.58. The van der Waals surface area contributed by atoms with E-state index < -0.39 is 13.8 Å². The first kappa shape index (κ1) is 16.7. The van der Waals surface area contributed by atoms with Gasteiger partial charge in [-0.2, -0.15) is 0 Å². The molecule has 0 spiro atoms. The molecule has 0 amide bonds. The Kier molecular flexibility index (Phi) is 9.55. The molecule has 0 aromatic heterocycles. The molecule has 0 atom stereocenters. The average molecular weight is 242 g/mol. The molecule has 0 aromatic rings. The molecule has 0 saturated heterocycles. The average Bonchev–Trinajstić information content (AvgIpc) is 2.01. The van der Waals surface area contributed by atoms with Crippen LogP contribution in [0, 0.1) is 0 Å². The van der Waals surface area contributed by atoms with Gasteiger partial charge in [-0.1, -0.05) is 6.58 Å². The van der Waals surface area contributed by atoms with E-state index in [0.29, 0.717) is 12.0 Å². The van der Waals surface area contributed by atoms with Gasteiger partial charge in [0.1, 0.15) is 0 Å². The SMILES string of the molecule is C=C(C)C(=O)OCCCO.O=P(O)(O)O. The van der Waals surface area contributed by atoms with Gasteiger partial charge in [0, 0.05) is 18.6 Å². The zero-order chi connectivity index (χ0) is 12.5. The van der Waals surface area contributed by atoms with E-state index in [1.807, 2.05) is 0 Å². The fourth-order valence-corrected chi connectivity index (χ4v) is 0.353. The first-order valence-corrected chi connectivity index (χ1v) is 5.46. The van der Waals surface area contributed by atoms with Crippen molar-refractivity contribution < 1.29 is 33.9 Å². The zero-order valence-electron chi connectivity index (χ0n) is 8.29. The number of esters is 1. The van der Waals surface area contributed by atoms with Crippen molar-refractivity contribution in [2.75, 3.05) is 13.2 Å². The maximum Gasteiger partial charge on any atom is 0.466 e. The van der Waals surface area contributed by atoms with E-state index >= 15 is 0 Å². The van der Waals surface area contributed by atoms with Crippen LogP contribution in [-0.2, 0) is 14.1 Å². The third-order valence-electron chi connectivity index (χ3n) is 0.884. The van der Waals surface area contributed by atoms with Crippen molar-refractivity contribution in [3.8, 4) is 0 Å². The van der Waals surface area contributed by atoms with E-state index in [2.05, 4.69) is 11.3 Å². The summed E-state index contributed by atoms with van der Waals surface area (Å²) in [6, 6.07) is 0. The predicted molar refractivity (Wildman–Crippen MR) is 51.7 cm³/mol. The molecule has 0 rings (SSSR count). The van der Waals surface area contributed by atoms with Gasteiger partial charge < -0.3 is 24.5 Å². The topological polar surface area (TPSA) is 124 Å². The molecular formula is C7H15O7P. The number of ether oxygens (including phenoxy) is 1. The van der Waals surface area contributed by atoms with Crippen molar-refractivity contribution in [2.45, 2.75) is 13.3 Å². The lowest BCUT2D eigenvalue weighted by Gasteiger charge is -2.00. The van der Waals surface area contributed by atoms with Crippen LogP contribution in [-0.4, -0.2) is 39.0 Å². The minimum Gasteiger partial charge on any atom is -0.462 e. The minimum absolute atomic E-state index is 0.0451. The van der Waals surface area contributed by atoms with Crippen LogP contribution in [0.25, 0.3) is 0 Å². The number of aliphatic hydroxyl groups excluding tert-OH is 1. The van der Waals surface area contributed by atoms with Crippen molar-refractivity contribution in [2.24, 2.45) is 0 Å². The molecular weight excluding hydrogens is 227 g/mol. The smallest absolute Gasteiger partial charge is 0.462 e. The zero-order valence-corrected chi connectivity index (χ0v) is 9.18. The summed E-state index contributed by atoms with van der Waals surface area (Å²) in [7, 11) is -4.64. The van der Waals surface area contributed by atoms with Gasteiger partial charge in [0.05, 0.1) is 6.61 Å². The molecule has 0 aliphatic carbocycles. The summed E-state index contributed by atoms with van der Waals surface area (Å²) >= 11 is 0. The molecule has 90 valence electrons. The second-order valence-corrected chi connectivity index (χ2v) is 3.53. The molecule has 7 nitrogen and oxygen atoms in total. The summed E-state index contributed by atoms with van der Waals surface area (Å²) in [6.45, 7) is 5.29. The van der Waals surface area contributed by atoms with E-state index in [1.165, 1.54) is 0 Å². The summed E-state index contributed by atoms with van der Waals surface area (Å²) in [5, 5.41) is 8.30. The predicted octanol–water partition coefficient (Wildman–Crippen LogP) is -0.441. The Balaban J connectivity index is 0. The Morgan fingerprint density at radius 2 is 1.80 bits per heavy atom. The normalized spacial score (nSPS) is 9.93. The molecule has 4 N–H and O–H groups in total. The van der Waals surface area contributed by atoms with Crippen molar-refractivity contribution in [1.82, 2.24) is 0 Å². The van der Waals surface area contributed by atoms with Gasteiger partial charge in [0.15, 0.2) is 0 Å². The summed E-state index contributed by atoms with van der Waals surface area (Å²) in [5.74, 6) is -0.395. The first-order chi connectivity index (χ1) is 6.68. The minimum atomic E-state index is -4.64. The van der Waals surface area contributed by atoms with E-state index in [4.69, 9.17) is 24.4 Å². The Labute approximate surface area is 87.2 Å².